The number of benzene rings is 2. The van der Waals surface area contributed by atoms with Gasteiger partial charge in [-0.25, -0.2) is 4.98 Å². The standard InChI is InChI=1S/C24H22BrClN6/c1-16-14-23(30-24(28-16)29-19-5-2-17(25)3-6-19)32-12-10-31(11-13-32)22-8-9-27-21-15-18(26)4-7-20(21)22/h2-9,14-15H,10-13H2,1H3,(H,28,29,30). The van der Waals surface area contributed by atoms with Gasteiger partial charge in [0.1, 0.15) is 5.82 Å². The first kappa shape index (κ1) is 21.0. The van der Waals surface area contributed by atoms with Gasteiger partial charge >= 0.3 is 0 Å². The summed E-state index contributed by atoms with van der Waals surface area (Å²) < 4.78 is 1.04. The minimum absolute atomic E-state index is 0.613. The lowest BCUT2D eigenvalue weighted by Crippen LogP contribution is -2.47. The Kier molecular flexibility index (Phi) is 5.85. The predicted molar refractivity (Wildman–Crippen MR) is 135 cm³/mol. The molecule has 5 rings (SSSR count). The van der Waals surface area contributed by atoms with Gasteiger partial charge in [-0.15, -0.1) is 0 Å². The number of piperazine rings is 1. The van der Waals surface area contributed by atoms with Crippen LogP contribution in [0, 0.1) is 6.92 Å². The Labute approximate surface area is 200 Å². The van der Waals surface area contributed by atoms with Crippen LogP contribution in [0.2, 0.25) is 5.02 Å². The van der Waals surface area contributed by atoms with Gasteiger partial charge < -0.3 is 15.1 Å². The molecule has 0 unspecified atom stereocenters. The molecule has 0 saturated carbocycles. The van der Waals surface area contributed by atoms with Crippen LogP contribution < -0.4 is 15.1 Å². The minimum Gasteiger partial charge on any atom is -0.367 e. The third-order valence-electron chi connectivity index (χ3n) is 5.57. The van der Waals surface area contributed by atoms with Crippen molar-refractivity contribution >= 4 is 61.6 Å². The van der Waals surface area contributed by atoms with Gasteiger partial charge in [0.2, 0.25) is 5.95 Å². The minimum atomic E-state index is 0.613. The maximum atomic E-state index is 6.15. The molecule has 4 aromatic rings. The van der Waals surface area contributed by atoms with Crippen LogP contribution in [0.4, 0.5) is 23.1 Å². The van der Waals surface area contributed by atoms with Crippen molar-refractivity contribution in [2.75, 3.05) is 41.3 Å². The summed E-state index contributed by atoms with van der Waals surface area (Å²) in [7, 11) is 0. The fourth-order valence-electron chi connectivity index (χ4n) is 3.99. The Morgan fingerprint density at radius 2 is 1.66 bits per heavy atom. The molecule has 1 saturated heterocycles. The summed E-state index contributed by atoms with van der Waals surface area (Å²) in [5, 5.41) is 5.15. The van der Waals surface area contributed by atoms with Crippen molar-refractivity contribution in [3.63, 3.8) is 0 Å². The molecule has 6 nitrogen and oxygen atoms in total. The number of pyridine rings is 1. The molecular weight excluding hydrogens is 488 g/mol. The first-order chi connectivity index (χ1) is 15.5. The molecule has 0 amide bonds. The molecule has 0 bridgehead atoms. The van der Waals surface area contributed by atoms with E-state index in [-0.39, 0.29) is 0 Å². The Morgan fingerprint density at radius 1 is 0.906 bits per heavy atom. The molecule has 32 heavy (non-hydrogen) atoms. The number of nitrogens with one attached hydrogen (secondary N) is 1. The van der Waals surface area contributed by atoms with E-state index < -0.39 is 0 Å². The van der Waals surface area contributed by atoms with E-state index in [1.165, 1.54) is 5.69 Å². The molecule has 1 aliphatic heterocycles. The van der Waals surface area contributed by atoms with E-state index in [0.29, 0.717) is 11.0 Å². The molecule has 1 aliphatic rings. The molecule has 3 heterocycles. The first-order valence-electron chi connectivity index (χ1n) is 10.5. The van der Waals surface area contributed by atoms with Crippen LogP contribution in [-0.4, -0.2) is 41.1 Å². The molecular formula is C24H22BrClN6. The van der Waals surface area contributed by atoms with E-state index in [4.69, 9.17) is 16.6 Å². The number of anilines is 4. The fraction of sp³-hybridized carbons (Fsp3) is 0.208. The number of hydrogen-bond acceptors (Lipinski definition) is 6. The number of aromatic nitrogens is 3. The second kappa shape index (κ2) is 8.92. The molecule has 2 aromatic heterocycles. The zero-order valence-electron chi connectivity index (χ0n) is 17.6. The van der Waals surface area contributed by atoms with Gasteiger partial charge in [0.15, 0.2) is 0 Å². The van der Waals surface area contributed by atoms with Crippen molar-refractivity contribution in [2.45, 2.75) is 6.92 Å². The number of nitrogens with zero attached hydrogens (tertiary/aromatic N) is 5. The maximum absolute atomic E-state index is 6.15. The smallest absolute Gasteiger partial charge is 0.229 e. The number of hydrogen-bond donors (Lipinski definition) is 1. The van der Waals surface area contributed by atoms with Gasteiger partial charge in [-0.3, -0.25) is 4.98 Å². The lowest BCUT2D eigenvalue weighted by molar-refractivity contribution is 0.648. The Bertz CT molecular complexity index is 1260. The Balaban J connectivity index is 1.32. The molecule has 2 aromatic carbocycles. The van der Waals surface area contributed by atoms with Crippen LogP contribution in [0.15, 0.2) is 65.3 Å². The van der Waals surface area contributed by atoms with E-state index in [0.717, 1.165) is 58.8 Å². The Hall–Kier alpha value is -2.90. The lowest BCUT2D eigenvalue weighted by Gasteiger charge is -2.37. The molecule has 1 N–H and O–H groups in total. The van der Waals surface area contributed by atoms with Gasteiger partial charge in [-0.05, 0) is 55.5 Å². The maximum Gasteiger partial charge on any atom is 0.229 e. The van der Waals surface area contributed by atoms with E-state index in [9.17, 15) is 0 Å². The second-order valence-corrected chi connectivity index (χ2v) is 9.14. The van der Waals surface area contributed by atoms with Crippen LogP contribution in [0.25, 0.3) is 10.9 Å². The van der Waals surface area contributed by atoms with Gasteiger partial charge in [0.05, 0.1) is 5.52 Å². The van der Waals surface area contributed by atoms with Gasteiger partial charge in [0, 0.05) is 70.4 Å². The second-order valence-electron chi connectivity index (χ2n) is 7.79. The molecule has 162 valence electrons. The molecule has 0 atom stereocenters. The largest absolute Gasteiger partial charge is 0.367 e. The highest BCUT2D eigenvalue weighted by molar-refractivity contribution is 9.10. The molecule has 8 heteroatoms. The summed E-state index contributed by atoms with van der Waals surface area (Å²) in [6.07, 6.45) is 1.86. The van der Waals surface area contributed by atoms with Gasteiger partial charge in [-0.1, -0.05) is 27.5 Å². The predicted octanol–water partition coefficient (Wildman–Crippen LogP) is 5.82. The third kappa shape index (κ3) is 4.49. The summed E-state index contributed by atoms with van der Waals surface area (Å²) in [6.45, 7) is 5.57. The number of fused-ring (bicyclic) bond motifs is 1. The van der Waals surface area contributed by atoms with Crippen molar-refractivity contribution in [3.05, 3.63) is 76.0 Å². The van der Waals surface area contributed by atoms with Crippen LogP contribution in [0.5, 0.6) is 0 Å². The van der Waals surface area contributed by atoms with Crippen LogP contribution in [0.1, 0.15) is 5.69 Å². The normalized spacial score (nSPS) is 14.1. The summed E-state index contributed by atoms with van der Waals surface area (Å²) >= 11 is 9.61. The Morgan fingerprint density at radius 3 is 2.44 bits per heavy atom. The summed E-state index contributed by atoms with van der Waals surface area (Å²) in [6, 6.07) is 18.0. The van der Waals surface area contributed by atoms with Crippen LogP contribution in [-0.2, 0) is 0 Å². The third-order valence-corrected chi connectivity index (χ3v) is 6.33. The number of halogens is 2. The molecule has 1 fully saturated rings. The summed E-state index contributed by atoms with van der Waals surface area (Å²) in [5.74, 6) is 1.56. The zero-order chi connectivity index (χ0) is 22.1. The van der Waals surface area contributed by atoms with Crippen molar-refractivity contribution in [1.29, 1.82) is 0 Å². The number of aryl methyl sites for hydroxylation is 1. The SMILES string of the molecule is Cc1cc(N2CCN(c3ccnc4cc(Cl)ccc34)CC2)nc(Nc2ccc(Br)cc2)n1. The lowest BCUT2D eigenvalue weighted by atomic mass is 10.1. The van der Waals surface area contributed by atoms with Crippen molar-refractivity contribution in [2.24, 2.45) is 0 Å². The van der Waals surface area contributed by atoms with Crippen molar-refractivity contribution in [3.8, 4) is 0 Å². The average Bonchev–Trinajstić information content (AvgIpc) is 2.80. The monoisotopic (exact) mass is 508 g/mol. The van der Waals surface area contributed by atoms with E-state index >= 15 is 0 Å². The fourth-order valence-corrected chi connectivity index (χ4v) is 4.42. The van der Waals surface area contributed by atoms with E-state index in [1.807, 2.05) is 55.6 Å². The van der Waals surface area contributed by atoms with Gasteiger partial charge in [-0.2, -0.15) is 4.98 Å². The van der Waals surface area contributed by atoms with E-state index in [2.05, 4.69) is 53.1 Å². The van der Waals surface area contributed by atoms with Crippen molar-refractivity contribution < 1.29 is 0 Å². The summed E-state index contributed by atoms with van der Waals surface area (Å²) in [5.41, 5.74) is 4.02. The molecule has 0 spiro atoms. The first-order valence-corrected chi connectivity index (χ1v) is 11.6. The molecule has 0 aliphatic carbocycles. The summed E-state index contributed by atoms with van der Waals surface area (Å²) in [4.78, 5) is 18.5. The van der Waals surface area contributed by atoms with Crippen molar-refractivity contribution in [1.82, 2.24) is 15.0 Å². The highest BCUT2D eigenvalue weighted by Crippen LogP contribution is 2.29. The average molecular weight is 510 g/mol. The highest BCUT2D eigenvalue weighted by Gasteiger charge is 2.21. The topological polar surface area (TPSA) is 57.2 Å². The van der Waals surface area contributed by atoms with Crippen LogP contribution >= 0.6 is 27.5 Å². The highest BCUT2D eigenvalue weighted by atomic mass is 79.9. The van der Waals surface area contributed by atoms with Crippen LogP contribution in [0.3, 0.4) is 0 Å². The molecule has 0 radical (unpaired) electrons. The van der Waals surface area contributed by atoms with E-state index in [1.54, 1.807) is 0 Å². The zero-order valence-corrected chi connectivity index (χ0v) is 19.9. The number of rotatable bonds is 4. The quantitative estimate of drug-likeness (QED) is 0.374. The van der Waals surface area contributed by atoms with Gasteiger partial charge in [0.25, 0.3) is 0 Å².